The monoisotopic (exact) mass is 396 g/mol. The zero-order valence-electron chi connectivity index (χ0n) is 14.9. The molecule has 0 saturated carbocycles. The molecule has 11 nitrogen and oxygen atoms in total. The number of carbonyl (C=O) groups is 4. The van der Waals surface area contributed by atoms with Crippen molar-refractivity contribution in [2.75, 3.05) is 21.3 Å². The fourth-order valence-corrected chi connectivity index (χ4v) is 2.74. The van der Waals surface area contributed by atoms with E-state index in [1.54, 1.807) is 0 Å². The standard InChI is InChI=1S/C17H16O11/c1-25-9(19)5-7(15(22)26-2)11-10-6(4-8(18)12(20)13(10)21)16(23)28-14(11)17(24)27-3/h4-5,11,14,18,20-21H,1-3H3/b7-5+/t11-,14-/m0/s1. The Morgan fingerprint density at radius 2 is 1.68 bits per heavy atom. The van der Waals surface area contributed by atoms with Crippen molar-refractivity contribution < 1.29 is 53.4 Å². The van der Waals surface area contributed by atoms with Gasteiger partial charge in [-0.25, -0.2) is 19.2 Å². The Morgan fingerprint density at radius 1 is 1.04 bits per heavy atom. The van der Waals surface area contributed by atoms with E-state index >= 15 is 0 Å². The van der Waals surface area contributed by atoms with Crippen molar-refractivity contribution >= 4 is 23.9 Å². The quantitative estimate of drug-likeness (QED) is 0.268. The minimum atomic E-state index is -1.81. The summed E-state index contributed by atoms with van der Waals surface area (Å²) in [4.78, 5) is 48.5. The molecule has 1 aliphatic rings. The van der Waals surface area contributed by atoms with Crippen molar-refractivity contribution in [2.45, 2.75) is 12.0 Å². The van der Waals surface area contributed by atoms with Gasteiger partial charge >= 0.3 is 23.9 Å². The predicted molar refractivity (Wildman–Crippen MR) is 87.5 cm³/mol. The first kappa shape index (κ1) is 20.6. The van der Waals surface area contributed by atoms with Gasteiger partial charge in [-0.2, -0.15) is 0 Å². The number of ether oxygens (including phenoxy) is 4. The normalized spacial score (nSPS) is 18.5. The lowest BCUT2D eigenvalue weighted by Gasteiger charge is -2.32. The number of carbonyl (C=O) groups excluding carboxylic acids is 4. The Kier molecular flexibility index (Phi) is 5.77. The van der Waals surface area contributed by atoms with Crippen molar-refractivity contribution in [1.29, 1.82) is 0 Å². The fourth-order valence-electron chi connectivity index (χ4n) is 2.74. The van der Waals surface area contributed by atoms with E-state index < -0.39 is 69.8 Å². The second-order valence-corrected chi connectivity index (χ2v) is 5.50. The molecule has 0 bridgehead atoms. The molecular weight excluding hydrogens is 380 g/mol. The number of rotatable bonds is 4. The highest BCUT2D eigenvalue weighted by Crippen LogP contribution is 2.49. The molecule has 2 rings (SSSR count). The third kappa shape index (κ3) is 3.41. The number of benzene rings is 1. The lowest BCUT2D eigenvalue weighted by atomic mass is 9.80. The van der Waals surface area contributed by atoms with Crippen LogP contribution in [0.15, 0.2) is 17.7 Å². The van der Waals surface area contributed by atoms with E-state index in [2.05, 4.69) is 14.2 Å². The molecule has 1 aromatic rings. The Morgan fingerprint density at radius 3 is 2.21 bits per heavy atom. The van der Waals surface area contributed by atoms with Gasteiger partial charge in [0.2, 0.25) is 11.9 Å². The summed E-state index contributed by atoms with van der Waals surface area (Å²) in [6, 6.07) is 0.778. The van der Waals surface area contributed by atoms with Crippen LogP contribution in [-0.4, -0.2) is 66.6 Å². The van der Waals surface area contributed by atoms with Gasteiger partial charge in [-0.3, -0.25) is 0 Å². The van der Waals surface area contributed by atoms with E-state index in [4.69, 9.17) is 4.74 Å². The number of phenols is 3. The van der Waals surface area contributed by atoms with E-state index in [0.29, 0.717) is 6.08 Å². The Hall–Kier alpha value is -3.76. The van der Waals surface area contributed by atoms with Gasteiger partial charge < -0.3 is 34.3 Å². The molecular formula is C17H16O11. The third-order valence-electron chi connectivity index (χ3n) is 4.03. The maximum absolute atomic E-state index is 12.3. The zero-order chi connectivity index (χ0) is 21.2. The summed E-state index contributed by atoms with van der Waals surface area (Å²) in [7, 11) is 3.00. The summed E-state index contributed by atoms with van der Waals surface area (Å²) in [6.07, 6.45) is -1.13. The van der Waals surface area contributed by atoms with Crippen LogP contribution in [0.5, 0.6) is 17.2 Å². The van der Waals surface area contributed by atoms with Gasteiger partial charge in [0.1, 0.15) is 0 Å². The van der Waals surface area contributed by atoms with Gasteiger partial charge in [0.25, 0.3) is 0 Å². The van der Waals surface area contributed by atoms with Gasteiger partial charge in [0.15, 0.2) is 11.5 Å². The smallest absolute Gasteiger partial charge is 0.348 e. The Bertz CT molecular complexity index is 884. The highest BCUT2D eigenvalue weighted by atomic mass is 16.6. The number of hydrogen-bond acceptors (Lipinski definition) is 11. The molecule has 28 heavy (non-hydrogen) atoms. The first-order chi connectivity index (χ1) is 13.2. The van der Waals surface area contributed by atoms with Crippen LogP contribution in [0.3, 0.4) is 0 Å². The maximum atomic E-state index is 12.3. The van der Waals surface area contributed by atoms with Crippen molar-refractivity contribution in [1.82, 2.24) is 0 Å². The number of cyclic esters (lactones) is 1. The van der Waals surface area contributed by atoms with Crippen molar-refractivity contribution in [3.63, 3.8) is 0 Å². The summed E-state index contributed by atoms with van der Waals surface area (Å²) >= 11 is 0. The summed E-state index contributed by atoms with van der Waals surface area (Å²) < 4.78 is 18.6. The number of esters is 4. The summed E-state index contributed by atoms with van der Waals surface area (Å²) in [5.74, 6) is -8.84. The molecule has 3 N–H and O–H groups in total. The zero-order valence-corrected chi connectivity index (χ0v) is 14.9. The number of hydrogen-bond donors (Lipinski definition) is 3. The molecule has 0 unspecified atom stereocenters. The number of fused-ring (bicyclic) bond motifs is 1. The molecule has 0 saturated heterocycles. The van der Waals surface area contributed by atoms with Crippen LogP contribution in [0, 0.1) is 0 Å². The largest absolute Gasteiger partial charge is 0.504 e. The number of methoxy groups -OCH3 is 3. The summed E-state index contributed by atoms with van der Waals surface area (Å²) in [5, 5.41) is 29.8. The van der Waals surface area contributed by atoms with Gasteiger partial charge in [0.05, 0.1) is 38.4 Å². The molecule has 1 aliphatic heterocycles. The van der Waals surface area contributed by atoms with Crippen LogP contribution in [0.2, 0.25) is 0 Å². The maximum Gasteiger partial charge on any atom is 0.348 e. The molecule has 0 aliphatic carbocycles. The van der Waals surface area contributed by atoms with Gasteiger partial charge in [0, 0.05) is 11.6 Å². The molecule has 0 amide bonds. The minimum Gasteiger partial charge on any atom is -0.504 e. The topological polar surface area (TPSA) is 166 Å². The highest BCUT2D eigenvalue weighted by molar-refractivity contribution is 6.03. The van der Waals surface area contributed by atoms with E-state index in [1.165, 1.54) is 0 Å². The SMILES string of the molecule is COC(=O)/C=C(/C(=O)OC)[C@H]1c2c(cc(O)c(O)c2O)C(=O)O[C@@H]1C(=O)OC. The highest BCUT2D eigenvalue weighted by Gasteiger charge is 2.47. The third-order valence-corrected chi connectivity index (χ3v) is 4.03. The van der Waals surface area contributed by atoms with Gasteiger partial charge in [-0.1, -0.05) is 0 Å². The first-order valence-corrected chi connectivity index (χ1v) is 7.62. The Balaban J connectivity index is 2.87. The second kappa shape index (κ2) is 7.86. The second-order valence-electron chi connectivity index (χ2n) is 5.50. The molecule has 2 atom stereocenters. The Labute approximate surface area is 157 Å². The molecule has 0 fully saturated rings. The lowest BCUT2D eigenvalue weighted by Crippen LogP contribution is -2.41. The van der Waals surface area contributed by atoms with Crippen LogP contribution in [0.1, 0.15) is 21.8 Å². The molecule has 0 radical (unpaired) electrons. The molecule has 1 heterocycles. The van der Waals surface area contributed by atoms with E-state index in [9.17, 15) is 34.5 Å². The molecule has 11 heteroatoms. The van der Waals surface area contributed by atoms with Crippen LogP contribution < -0.4 is 0 Å². The van der Waals surface area contributed by atoms with E-state index in [0.717, 1.165) is 27.4 Å². The van der Waals surface area contributed by atoms with Crippen LogP contribution in [0.25, 0.3) is 0 Å². The van der Waals surface area contributed by atoms with Crippen molar-refractivity contribution in [3.8, 4) is 17.2 Å². The van der Waals surface area contributed by atoms with Crippen molar-refractivity contribution in [3.05, 3.63) is 28.8 Å². The van der Waals surface area contributed by atoms with Crippen LogP contribution >= 0.6 is 0 Å². The summed E-state index contributed by atoms with van der Waals surface area (Å²) in [5.41, 5.74) is -1.42. The molecule has 1 aromatic carbocycles. The summed E-state index contributed by atoms with van der Waals surface area (Å²) in [6.45, 7) is 0. The predicted octanol–water partition coefficient (Wildman–Crippen LogP) is -0.129. The number of aromatic hydroxyl groups is 3. The lowest BCUT2D eigenvalue weighted by molar-refractivity contribution is -0.152. The molecule has 0 spiro atoms. The average Bonchev–Trinajstić information content (AvgIpc) is 2.69. The van der Waals surface area contributed by atoms with E-state index in [-0.39, 0.29) is 0 Å². The van der Waals surface area contributed by atoms with Gasteiger partial charge in [-0.05, 0) is 6.07 Å². The van der Waals surface area contributed by atoms with E-state index in [1.807, 2.05) is 0 Å². The fraction of sp³-hybridized carbons (Fsp3) is 0.294. The average molecular weight is 396 g/mol. The molecule has 150 valence electrons. The van der Waals surface area contributed by atoms with Gasteiger partial charge in [-0.15, -0.1) is 0 Å². The first-order valence-electron chi connectivity index (χ1n) is 7.62. The van der Waals surface area contributed by atoms with Crippen molar-refractivity contribution in [2.24, 2.45) is 0 Å². The number of phenolic OH excluding ortho intramolecular Hbond substituents is 3. The minimum absolute atomic E-state index is 0.442. The van der Waals surface area contributed by atoms with Crippen LogP contribution in [0.4, 0.5) is 0 Å². The molecule has 0 aromatic heterocycles. The van der Waals surface area contributed by atoms with Crippen LogP contribution in [-0.2, 0) is 33.3 Å².